The molecule has 1 aliphatic rings. The molecule has 1 fully saturated rings. The lowest BCUT2D eigenvalue weighted by Gasteiger charge is -2.34. The van der Waals surface area contributed by atoms with Crippen molar-refractivity contribution >= 4 is 0 Å². The fourth-order valence-corrected chi connectivity index (χ4v) is 2.75. The highest BCUT2D eigenvalue weighted by Gasteiger charge is 2.28. The number of rotatable bonds is 5. The molecule has 0 radical (unpaired) electrons. The predicted octanol–water partition coefficient (Wildman–Crippen LogP) is 1.93. The Morgan fingerprint density at radius 2 is 1.75 bits per heavy atom. The minimum atomic E-state index is -0.449. The number of methoxy groups -OCH3 is 2. The Morgan fingerprint density at radius 1 is 1.20 bits per heavy atom. The summed E-state index contributed by atoms with van der Waals surface area (Å²) in [6.07, 6.45) is 0. The third kappa shape index (κ3) is 3.04. The average Bonchev–Trinajstić information content (AvgIpc) is 2.49. The highest BCUT2D eigenvalue weighted by molar-refractivity contribution is 5.50. The molecule has 1 N–H and O–H groups in total. The molecule has 1 atom stereocenters. The van der Waals surface area contributed by atoms with E-state index >= 15 is 0 Å². The van der Waals surface area contributed by atoms with E-state index in [2.05, 4.69) is 10.2 Å². The van der Waals surface area contributed by atoms with Crippen LogP contribution in [0, 0.1) is 6.92 Å². The number of nitrogens with zero attached hydrogens (tertiary/aromatic N) is 1. The summed E-state index contributed by atoms with van der Waals surface area (Å²) in [5.74, 6) is 1.39. The van der Waals surface area contributed by atoms with Gasteiger partial charge in [-0.2, -0.15) is 0 Å². The maximum Gasteiger partial charge on any atom is 0.127 e. The molecule has 0 aliphatic carbocycles. The van der Waals surface area contributed by atoms with Crippen LogP contribution in [0.3, 0.4) is 0 Å². The van der Waals surface area contributed by atoms with Crippen LogP contribution >= 0.6 is 0 Å². The third-order valence-corrected chi connectivity index (χ3v) is 3.76. The Bertz CT molecular complexity index is 422. The topological polar surface area (TPSA) is 33.7 Å². The van der Waals surface area contributed by atoms with E-state index in [-0.39, 0.29) is 6.04 Å². The highest BCUT2D eigenvalue weighted by Crippen LogP contribution is 2.38. The van der Waals surface area contributed by atoms with E-state index in [1.807, 2.05) is 19.1 Å². The van der Waals surface area contributed by atoms with Gasteiger partial charge in [0.25, 0.3) is 0 Å². The fraction of sp³-hybridized carbons (Fsp3) is 0.600. The van der Waals surface area contributed by atoms with Gasteiger partial charge in [0.05, 0.1) is 25.8 Å². The van der Waals surface area contributed by atoms with Gasteiger partial charge in [-0.1, -0.05) is 0 Å². The van der Waals surface area contributed by atoms with Crippen LogP contribution in [0.25, 0.3) is 0 Å². The molecule has 1 heterocycles. The van der Waals surface area contributed by atoms with Crippen molar-refractivity contribution in [2.24, 2.45) is 0 Å². The van der Waals surface area contributed by atoms with Crippen LogP contribution in [0.2, 0.25) is 0 Å². The van der Waals surface area contributed by atoms with Gasteiger partial charge in [-0.3, -0.25) is 4.90 Å². The Balaban J connectivity index is 2.41. The summed E-state index contributed by atoms with van der Waals surface area (Å²) in [6, 6.07) is 3.55. The third-order valence-electron chi connectivity index (χ3n) is 3.76. The first-order valence-electron chi connectivity index (χ1n) is 6.94. The van der Waals surface area contributed by atoms with Crippen LogP contribution in [0.5, 0.6) is 11.5 Å². The summed E-state index contributed by atoms with van der Waals surface area (Å²) >= 11 is 0. The van der Waals surface area contributed by atoms with Crippen molar-refractivity contribution < 1.29 is 13.9 Å². The smallest absolute Gasteiger partial charge is 0.127 e. The van der Waals surface area contributed by atoms with Gasteiger partial charge in [0.2, 0.25) is 0 Å². The molecule has 0 saturated carbocycles. The van der Waals surface area contributed by atoms with E-state index in [0.29, 0.717) is 11.5 Å². The first-order chi connectivity index (χ1) is 9.71. The second-order valence-electron chi connectivity index (χ2n) is 5.04. The molecule has 1 aromatic carbocycles. The van der Waals surface area contributed by atoms with Crippen LogP contribution in [0.4, 0.5) is 4.39 Å². The Labute approximate surface area is 119 Å². The lowest BCUT2D eigenvalue weighted by molar-refractivity contribution is 0.142. The summed E-state index contributed by atoms with van der Waals surface area (Å²) < 4.78 is 24.6. The molecule has 1 saturated heterocycles. The molecule has 0 aromatic heterocycles. The summed E-state index contributed by atoms with van der Waals surface area (Å²) in [7, 11) is 3.23. The van der Waals surface area contributed by atoms with Crippen molar-refractivity contribution in [3.63, 3.8) is 0 Å². The first-order valence-corrected chi connectivity index (χ1v) is 6.94. The zero-order chi connectivity index (χ0) is 14.5. The van der Waals surface area contributed by atoms with Gasteiger partial charge < -0.3 is 14.8 Å². The maximum absolute atomic E-state index is 13.7. The molecule has 0 spiro atoms. The number of benzene rings is 1. The molecule has 20 heavy (non-hydrogen) atoms. The molecule has 1 aromatic rings. The van der Waals surface area contributed by atoms with E-state index in [1.54, 1.807) is 14.2 Å². The quantitative estimate of drug-likeness (QED) is 0.895. The lowest BCUT2D eigenvalue weighted by Crippen LogP contribution is -2.45. The minimum absolute atomic E-state index is 0.317. The van der Waals surface area contributed by atoms with Crippen molar-refractivity contribution in [3.8, 4) is 11.5 Å². The van der Waals surface area contributed by atoms with Gasteiger partial charge in [0, 0.05) is 26.2 Å². The second kappa shape index (κ2) is 6.90. The molecule has 2 rings (SSSR count). The van der Waals surface area contributed by atoms with Crippen LogP contribution < -0.4 is 14.8 Å². The molecule has 5 heteroatoms. The zero-order valence-corrected chi connectivity index (χ0v) is 12.4. The number of nitrogens with one attached hydrogen (secondary N) is 1. The van der Waals surface area contributed by atoms with Gasteiger partial charge in [-0.05, 0) is 24.6 Å². The Hall–Kier alpha value is -1.33. The lowest BCUT2D eigenvalue weighted by atomic mass is 10.0. The van der Waals surface area contributed by atoms with E-state index in [1.165, 1.54) is 0 Å². The number of hydrogen-bond acceptors (Lipinski definition) is 4. The number of aryl methyl sites for hydroxylation is 1. The number of alkyl halides is 1. The van der Waals surface area contributed by atoms with Gasteiger partial charge in [0.1, 0.15) is 18.2 Å². The van der Waals surface area contributed by atoms with Gasteiger partial charge in [0.15, 0.2) is 0 Å². The van der Waals surface area contributed by atoms with E-state index in [4.69, 9.17) is 9.47 Å². The molecule has 112 valence electrons. The van der Waals surface area contributed by atoms with E-state index in [9.17, 15) is 4.39 Å². The molecular formula is C15H23FN2O2. The van der Waals surface area contributed by atoms with Crippen LogP contribution in [0.1, 0.15) is 17.2 Å². The largest absolute Gasteiger partial charge is 0.496 e. The molecule has 4 nitrogen and oxygen atoms in total. The molecular weight excluding hydrogens is 259 g/mol. The molecule has 0 amide bonds. The number of ether oxygens (including phenoxy) is 2. The number of hydrogen-bond donors (Lipinski definition) is 1. The van der Waals surface area contributed by atoms with Crippen molar-refractivity contribution in [2.75, 3.05) is 47.1 Å². The van der Waals surface area contributed by atoms with Gasteiger partial charge in [-0.25, -0.2) is 4.39 Å². The van der Waals surface area contributed by atoms with E-state index < -0.39 is 6.67 Å². The minimum Gasteiger partial charge on any atom is -0.496 e. The fourth-order valence-electron chi connectivity index (χ4n) is 2.75. The van der Waals surface area contributed by atoms with Crippen molar-refractivity contribution in [1.82, 2.24) is 10.2 Å². The van der Waals surface area contributed by atoms with Crippen molar-refractivity contribution in [2.45, 2.75) is 13.0 Å². The standard InChI is InChI=1S/C15H23FN2O2/c1-11-8-13(19-2)15(14(9-11)20-3)12(10-16)18-6-4-17-5-7-18/h8-9,12,17H,4-7,10H2,1-3H3/t12-/m0/s1. The predicted molar refractivity (Wildman–Crippen MR) is 77.4 cm³/mol. The number of piperazine rings is 1. The molecule has 0 bridgehead atoms. The SMILES string of the molecule is COc1cc(C)cc(OC)c1[C@H](CF)N1CCNCC1. The van der Waals surface area contributed by atoms with Crippen LogP contribution in [-0.4, -0.2) is 52.0 Å². The molecule has 0 unspecified atom stereocenters. The summed E-state index contributed by atoms with van der Waals surface area (Å²) in [6.45, 7) is 4.95. The number of halogens is 1. The summed E-state index contributed by atoms with van der Waals surface area (Å²) in [5, 5.41) is 3.28. The van der Waals surface area contributed by atoms with Crippen molar-refractivity contribution in [3.05, 3.63) is 23.3 Å². The van der Waals surface area contributed by atoms with Crippen LogP contribution in [-0.2, 0) is 0 Å². The van der Waals surface area contributed by atoms with E-state index in [0.717, 1.165) is 37.3 Å². The summed E-state index contributed by atoms with van der Waals surface area (Å²) in [5.41, 5.74) is 1.85. The average molecular weight is 282 g/mol. The second-order valence-corrected chi connectivity index (χ2v) is 5.04. The first kappa shape index (κ1) is 15.1. The normalized spacial score (nSPS) is 17.8. The highest BCUT2D eigenvalue weighted by atomic mass is 19.1. The van der Waals surface area contributed by atoms with Crippen molar-refractivity contribution in [1.29, 1.82) is 0 Å². The van der Waals surface area contributed by atoms with Gasteiger partial charge in [-0.15, -0.1) is 0 Å². The summed E-state index contributed by atoms with van der Waals surface area (Å²) in [4.78, 5) is 2.15. The molecule has 1 aliphatic heterocycles. The van der Waals surface area contributed by atoms with Crippen LogP contribution in [0.15, 0.2) is 12.1 Å². The maximum atomic E-state index is 13.7. The van der Waals surface area contributed by atoms with Gasteiger partial charge >= 0.3 is 0 Å². The Morgan fingerprint density at radius 3 is 2.20 bits per heavy atom. The monoisotopic (exact) mass is 282 g/mol. The zero-order valence-electron chi connectivity index (χ0n) is 12.4. The Kier molecular flexibility index (Phi) is 5.20.